The van der Waals surface area contributed by atoms with E-state index in [0.717, 1.165) is 16.1 Å². The van der Waals surface area contributed by atoms with Gasteiger partial charge in [-0.25, -0.2) is 12.8 Å². The van der Waals surface area contributed by atoms with Gasteiger partial charge in [-0.15, -0.1) is 0 Å². The Morgan fingerprint density at radius 2 is 1.60 bits per heavy atom. The molecule has 2 atom stereocenters. The highest BCUT2D eigenvalue weighted by molar-refractivity contribution is 7.92. The first kappa shape index (κ1) is 31.4. The van der Waals surface area contributed by atoms with E-state index >= 15 is 0 Å². The monoisotopic (exact) mass is 607 g/mol. The number of benzene rings is 3. The van der Waals surface area contributed by atoms with Crippen LogP contribution in [-0.4, -0.2) is 50.0 Å². The minimum atomic E-state index is -3.95. The lowest BCUT2D eigenvalue weighted by molar-refractivity contribution is -0.140. The number of amides is 2. The van der Waals surface area contributed by atoms with Crippen molar-refractivity contribution < 1.29 is 22.4 Å². The summed E-state index contributed by atoms with van der Waals surface area (Å²) in [6, 6.07) is 17.9. The molecule has 0 unspecified atom stereocenters. The van der Waals surface area contributed by atoms with E-state index < -0.39 is 34.3 Å². The molecule has 1 N–H and O–H groups in total. The molecule has 0 bridgehead atoms. The van der Waals surface area contributed by atoms with Crippen LogP contribution < -0.4 is 9.62 Å². The lowest BCUT2D eigenvalue weighted by Crippen LogP contribution is -2.54. The summed E-state index contributed by atoms with van der Waals surface area (Å²) in [5.41, 5.74) is 1.54. The minimum Gasteiger partial charge on any atom is -0.352 e. The molecule has 3 rings (SSSR count). The molecule has 3 aromatic rings. The number of nitrogens with zero attached hydrogens (tertiary/aromatic N) is 2. The van der Waals surface area contributed by atoms with Crippen LogP contribution in [-0.2, 0) is 32.6 Å². The average Bonchev–Trinajstić information content (AvgIpc) is 2.91. The van der Waals surface area contributed by atoms with Crippen LogP contribution in [0.4, 0.5) is 10.1 Å². The molecule has 0 aromatic heterocycles. The number of rotatable bonds is 12. The van der Waals surface area contributed by atoms with Gasteiger partial charge in [0, 0.05) is 19.0 Å². The van der Waals surface area contributed by atoms with E-state index in [2.05, 4.69) is 5.32 Å². The van der Waals surface area contributed by atoms with Crippen molar-refractivity contribution in [1.29, 1.82) is 0 Å². The quantitative estimate of drug-likeness (QED) is 0.296. The zero-order chi connectivity index (χ0) is 29.4. The Labute approximate surface area is 244 Å². The summed E-state index contributed by atoms with van der Waals surface area (Å²) >= 11 is 12.2. The number of carbonyl (C=O) groups is 2. The SMILES string of the molecule is CC[C@H](C)NC(=O)[C@@H](Cc1ccccc1)N(Cc1ccc(F)cc1)C(=O)CN(c1ccc(Cl)c(Cl)c1)S(C)(=O)=O. The van der Waals surface area contributed by atoms with E-state index in [9.17, 15) is 22.4 Å². The summed E-state index contributed by atoms with van der Waals surface area (Å²) < 4.78 is 40.2. The molecule has 214 valence electrons. The summed E-state index contributed by atoms with van der Waals surface area (Å²) in [4.78, 5) is 28.9. The van der Waals surface area contributed by atoms with Crippen LogP contribution in [0.2, 0.25) is 10.0 Å². The van der Waals surface area contributed by atoms with Crippen LogP contribution >= 0.6 is 23.2 Å². The largest absolute Gasteiger partial charge is 0.352 e. The van der Waals surface area contributed by atoms with Crippen molar-refractivity contribution in [1.82, 2.24) is 10.2 Å². The fourth-order valence-corrected chi connectivity index (χ4v) is 5.17. The van der Waals surface area contributed by atoms with Gasteiger partial charge >= 0.3 is 0 Å². The lowest BCUT2D eigenvalue weighted by atomic mass is 10.0. The van der Waals surface area contributed by atoms with E-state index in [1.54, 1.807) is 0 Å². The van der Waals surface area contributed by atoms with Crippen molar-refractivity contribution >= 4 is 50.7 Å². The van der Waals surface area contributed by atoms with Crippen molar-refractivity contribution in [3.63, 3.8) is 0 Å². The van der Waals surface area contributed by atoms with Gasteiger partial charge in [0.05, 0.1) is 22.0 Å². The molecule has 0 aliphatic carbocycles. The molecule has 3 aromatic carbocycles. The maximum Gasteiger partial charge on any atom is 0.244 e. The first-order chi connectivity index (χ1) is 18.9. The van der Waals surface area contributed by atoms with Gasteiger partial charge in [-0.2, -0.15) is 0 Å². The Morgan fingerprint density at radius 1 is 0.950 bits per heavy atom. The van der Waals surface area contributed by atoms with Gasteiger partial charge in [-0.1, -0.05) is 72.6 Å². The van der Waals surface area contributed by atoms with E-state index in [1.807, 2.05) is 44.2 Å². The highest BCUT2D eigenvalue weighted by atomic mass is 35.5. The smallest absolute Gasteiger partial charge is 0.244 e. The van der Waals surface area contributed by atoms with Crippen molar-refractivity contribution in [2.45, 2.75) is 45.3 Å². The third kappa shape index (κ3) is 8.68. The second-order valence-electron chi connectivity index (χ2n) is 9.54. The zero-order valence-corrected chi connectivity index (χ0v) is 24.8. The first-order valence-electron chi connectivity index (χ1n) is 12.7. The lowest BCUT2D eigenvalue weighted by Gasteiger charge is -2.34. The Bertz CT molecular complexity index is 1420. The summed E-state index contributed by atoms with van der Waals surface area (Å²) in [5, 5.41) is 3.31. The third-order valence-corrected chi connectivity index (χ3v) is 8.29. The highest BCUT2D eigenvalue weighted by Crippen LogP contribution is 2.29. The standard InChI is InChI=1S/C29H32Cl2FN3O4S/c1-4-20(2)33-29(37)27(16-21-8-6-5-7-9-21)34(18-22-10-12-23(32)13-11-22)28(36)19-35(40(3,38)39)24-14-15-25(30)26(31)17-24/h5-15,17,20,27H,4,16,18-19H2,1-3H3,(H,33,37)/t20-,27+/m0/s1. The Kier molecular flexibility index (Phi) is 11.0. The molecule has 0 saturated heterocycles. The number of nitrogens with one attached hydrogen (secondary N) is 1. The van der Waals surface area contributed by atoms with Crippen LogP contribution in [0.1, 0.15) is 31.4 Å². The van der Waals surface area contributed by atoms with E-state index in [0.29, 0.717) is 12.0 Å². The number of hydrogen-bond acceptors (Lipinski definition) is 4. The molecule has 0 aliphatic rings. The zero-order valence-electron chi connectivity index (χ0n) is 22.5. The molecule has 7 nitrogen and oxygen atoms in total. The maximum absolute atomic E-state index is 14.0. The van der Waals surface area contributed by atoms with E-state index in [1.165, 1.54) is 47.4 Å². The Morgan fingerprint density at radius 3 is 2.17 bits per heavy atom. The fraction of sp³-hybridized carbons (Fsp3) is 0.310. The normalized spacial score (nSPS) is 12.8. The van der Waals surface area contributed by atoms with Gasteiger partial charge in [0.2, 0.25) is 21.8 Å². The van der Waals surface area contributed by atoms with Gasteiger partial charge in [-0.05, 0) is 54.8 Å². The summed E-state index contributed by atoms with van der Waals surface area (Å²) in [7, 11) is -3.95. The fourth-order valence-electron chi connectivity index (χ4n) is 4.04. The maximum atomic E-state index is 14.0. The van der Waals surface area contributed by atoms with Crippen LogP contribution in [0.25, 0.3) is 0 Å². The number of carbonyl (C=O) groups excluding carboxylic acids is 2. The van der Waals surface area contributed by atoms with E-state index in [-0.39, 0.29) is 40.6 Å². The molecule has 2 amide bonds. The van der Waals surface area contributed by atoms with Crippen molar-refractivity contribution in [3.8, 4) is 0 Å². The number of sulfonamides is 1. The van der Waals surface area contributed by atoms with Crippen LogP contribution in [0.3, 0.4) is 0 Å². The van der Waals surface area contributed by atoms with Crippen LogP contribution in [0.15, 0.2) is 72.8 Å². The second-order valence-corrected chi connectivity index (χ2v) is 12.3. The predicted octanol–water partition coefficient (Wildman–Crippen LogP) is 5.45. The molecule has 40 heavy (non-hydrogen) atoms. The van der Waals surface area contributed by atoms with Crippen molar-refractivity contribution in [2.75, 3.05) is 17.1 Å². The van der Waals surface area contributed by atoms with E-state index in [4.69, 9.17) is 23.2 Å². The molecule has 0 spiro atoms. The number of halogens is 3. The Hall–Kier alpha value is -3.14. The number of hydrogen-bond donors (Lipinski definition) is 1. The van der Waals surface area contributed by atoms with Gasteiger partial charge < -0.3 is 10.2 Å². The topological polar surface area (TPSA) is 86.8 Å². The van der Waals surface area contributed by atoms with Crippen LogP contribution in [0.5, 0.6) is 0 Å². The molecule has 0 radical (unpaired) electrons. The summed E-state index contributed by atoms with van der Waals surface area (Å²) in [6.45, 7) is 3.14. The van der Waals surface area contributed by atoms with Crippen molar-refractivity contribution in [3.05, 3.63) is 99.8 Å². The molecule has 0 saturated carbocycles. The van der Waals surface area contributed by atoms with Gasteiger partial charge in [0.15, 0.2) is 0 Å². The van der Waals surface area contributed by atoms with Gasteiger partial charge in [-0.3, -0.25) is 13.9 Å². The highest BCUT2D eigenvalue weighted by Gasteiger charge is 2.33. The third-order valence-electron chi connectivity index (χ3n) is 6.41. The van der Waals surface area contributed by atoms with Crippen molar-refractivity contribution in [2.24, 2.45) is 0 Å². The first-order valence-corrected chi connectivity index (χ1v) is 15.3. The van der Waals surface area contributed by atoms with Gasteiger partial charge in [0.25, 0.3) is 0 Å². The predicted molar refractivity (Wildman–Crippen MR) is 157 cm³/mol. The molecule has 0 fully saturated rings. The summed E-state index contributed by atoms with van der Waals surface area (Å²) in [6.07, 6.45) is 1.83. The Balaban J connectivity index is 2.06. The van der Waals surface area contributed by atoms with Crippen LogP contribution in [0, 0.1) is 5.82 Å². The molecule has 0 aliphatic heterocycles. The minimum absolute atomic E-state index is 0.0521. The molecular weight excluding hydrogens is 576 g/mol. The molecular formula is C29H32Cl2FN3O4S. The average molecular weight is 609 g/mol. The molecule has 11 heteroatoms. The second kappa shape index (κ2) is 14.0. The summed E-state index contributed by atoms with van der Waals surface area (Å²) in [5.74, 6) is -1.45. The number of anilines is 1. The van der Waals surface area contributed by atoms with Gasteiger partial charge in [0.1, 0.15) is 18.4 Å². The molecule has 0 heterocycles.